The third-order valence-corrected chi connectivity index (χ3v) is 3.59. The molecule has 1 aromatic carbocycles. The number of nitrogens with zero attached hydrogens (tertiary/aromatic N) is 1. The van der Waals surface area contributed by atoms with Gasteiger partial charge in [0.05, 0.1) is 0 Å². The van der Waals surface area contributed by atoms with Crippen LogP contribution in [0.25, 0.3) is 0 Å². The summed E-state index contributed by atoms with van der Waals surface area (Å²) in [4.78, 5) is 2.50. The van der Waals surface area contributed by atoms with Crippen molar-refractivity contribution in [2.24, 2.45) is 5.92 Å². The second-order valence-corrected chi connectivity index (χ2v) is 4.91. The highest BCUT2D eigenvalue weighted by Crippen LogP contribution is 2.22. The molecule has 0 radical (unpaired) electrons. The molecule has 2 nitrogen and oxygen atoms in total. The Morgan fingerprint density at radius 1 is 1.06 bits per heavy atom. The second-order valence-electron chi connectivity index (χ2n) is 4.91. The fourth-order valence-electron chi connectivity index (χ4n) is 2.52. The minimum absolute atomic E-state index is 0.455. The first kappa shape index (κ1) is 15.2. The summed E-state index contributed by atoms with van der Waals surface area (Å²) in [6.45, 7) is 13.4. The third-order valence-electron chi connectivity index (χ3n) is 3.59. The van der Waals surface area contributed by atoms with E-state index < -0.39 is 0 Å². The van der Waals surface area contributed by atoms with Crippen molar-refractivity contribution in [3.8, 4) is 0 Å². The highest BCUT2D eigenvalue weighted by atomic mass is 15.1. The lowest BCUT2D eigenvalue weighted by Crippen LogP contribution is -2.35. The fourth-order valence-corrected chi connectivity index (χ4v) is 2.52. The van der Waals surface area contributed by atoms with Crippen LogP contribution in [0.5, 0.6) is 0 Å². The molecular formula is C16H28N2. The molecule has 0 aliphatic carbocycles. The lowest BCUT2D eigenvalue weighted by atomic mass is 9.94. The fraction of sp³-hybridized carbons (Fsp3) is 0.625. The highest BCUT2D eigenvalue weighted by Gasteiger charge is 2.19. The van der Waals surface area contributed by atoms with E-state index >= 15 is 0 Å². The van der Waals surface area contributed by atoms with E-state index in [0.717, 1.165) is 26.2 Å². The van der Waals surface area contributed by atoms with Crippen molar-refractivity contribution in [3.05, 3.63) is 35.9 Å². The van der Waals surface area contributed by atoms with Gasteiger partial charge in [-0.05, 0) is 31.1 Å². The van der Waals surface area contributed by atoms with Gasteiger partial charge in [-0.3, -0.25) is 0 Å². The quantitative estimate of drug-likeness (QED) is 0.759. The third kappa shape index (κ3) is 4.43. The maximum Gasteiger partial charge on any atom is 0.0358 e. The van der Waals surface area contributed by atoms with Gasteiger partial charge in [0.2, 0.25) is 0 Å². The number of benzene rings is 1. The van der Waals surface area contributed by atoms with Crippen molar-refractivity contribution in [2.75, 3.05) is 26.2 Å². The van der Waals surface area contributed by atoms with Crippen molar-refractivity contribution in [1.29, 1.82) is 0 Å². The Bertz CT molecular complexity index is 306. The normalized spacial score (nSPS) is 14.7. The van der Waals surface area contributed by atoms with Gasteiger partial charge in [0, 0.05) is 12.6 Å². The van der Waals surface area contributed by atoms with Crippen LogP contribution in [0.15, 0.2) is 30.3 Å². The maximum absolute atomic E-state index is 3.63. The summed E-state index contributed by atoms with van der Waals surface area (Å²) in [5, 5.41) is 3.63. The molecule has 0 heterocycles. The first-order chi connectivity index (χ1) is 8.72. The first-order valence-corrected chi connectivity index (χ1v) is 7.23. The van der Waals surface area contributed by atoms with E-state index in [0.29, 0.717) is 12.0 Å². The molecule has 0 amide bonds. The molecule has 0 aliphatic heterocycles. The Hall–Kier alpha value is -0.860. The van der Waals surface area contributed by atoms with Gasteiger partial charge in [-0.2, -0.15) is 0 Å². The van der Waals surface area contributed by atoms with Crippen LogP contribution < -0.4 is 5.32 Å². The van der Waals surface area contributed by atoms with Crippen molar-refractivity contribution < 1.29 is 0 Å². The standard InChI is InChI=1S/C16H28N2/c1-5-17-16(15-11-9-8-10-12-15)14(4)13-18(6-2)7-3/h8-12,14,16-17H,5-7,13H2,1-4H3. The molecule has 0 aromatic heterocycles. The molecule has 0 saturated carbocycles. The smallest absolute Gasteiger partial charge is 0.0358 e. The minimum Gasteiger partial charge on any atom is -0.310 e. The Kier molecular flexibility index (Phi) is 6.99. The molecule has 1 aromatic rings. The summed E-state index contributed by atoms with van der Waals surface area (Å²) >= 11 is 0. The largest absolute Gasteiger partial charge is 0.310 e. The van der Waals surface area contributed by atoms with Crippen LogP contribution in [0, 0.1) is 5.92 Å². The van der Waals surface area contributed by atoms with E-state index in [4.69, 9.17) is 0 Å². The average molecular weight is 248 g/mol. The molecule has 0 saturated heterocycles. The highest BCUT2D eigenvalue weighted by molar-refractivity contribution is 5.19. The first-order valence-electron chi connectivity index (χ1n) is 7.23. The molecule has 102 valence electrons. The van der Waals surface area contributed by atoms with Gasteiger partial charge in [-0.15, -0.1) is 0 Å². The van der Waals surface area contributed by atoms with Crippen LogP contribution in [-0.4, -0.2) is 31.1 Å². The predicted octanol–water partition coefficient (Wildman–Crippen LogP) is 3.32. The van der Waals surface area contributed by atoms with E-state index in [2.05, 4.69) is 68.2 Å². The van der Waals surface area contributed by atoms with E-state index in [1.807, 2.05) is 0 Å². The van der Waals surface area contributed by atoms with Gasteiger partial charge in [-0.1, -0.05) is 58.0 Å². The van der Waals surface area contributed by atoms with Gasteiger partial charge < -0.3 is 10.2 Å². The van der Waals surface area contributed by atoms with Crippen LogP contribution in [0.4, 0.5) is 0 Å². The van der Waals surface area contributed by atoms with Crippen LogP contribution >= 0.6 is 0 Å². The molecule has 0 fully saturated rings. The zero-order valence-corrected chi connectivity index (χ0v) is 12.3. The number of hydrogen-bond acceptors (Lipinski definition) is 2. The maximum atomic E-state index is 3.63. The SMILES string of the molecule is CCNC(c1ccccc1)C(C)CN(CC)CC. The molecule has 18 heavy (non-hydrogen) atoms. The van der Waals surface area contributed by atoms with Crippen LogP contribution in [0.2, 0.25) is 0 Å². The predicted molar refractivity (Wildman–Crippen MR) is 79.8 cm³/mol. The molecule has 1 N–H and O–H groups in total. The molecule has 2 unspecified atom stereocenters. The second kappa shape index (κ2) is 8.28. The minimum atomic E-state index is 0.455. The van der Waals surface area contributed by atoms with Crippen molar-refractivity contribution in [3.63, 3.8) is 0 Å². The van der Waals surface area contributed by atoms with Gasteiger partial charge >= 0.3 is 0 Å². The number of hydrogen-bond donors (Lipinski definition) is 1. The Morgan fingerprint density at radius 3 is 2.17 bits per heavy atom. The summed E-state index contributed by atoms with van der Waals surface area (Å²) in [7, 11) is 0. The van der Waals surface area contributed by atoms with Gasteiger partial charge in [0.25, 0.3) is 0 Å². The van der Waals surface area contributed by atoms with Gasteiger partial charge in [0.15, 0.2) is 0 Å². The summed E-state index contributed by atoms with van der Waals surface area (Å²) in [5.41, 5.74) is 1.40. The lowest BCUT2D eigenvalue weighted by Gasteiger charge is -2.30. The van der Waals surface area contributed by atoms with E-state index in [1.165, 1.54) is 5.56 Å². The van der Waals surface area contributed by atoms with E-state index in [9.17, 15) is 0 Å². The number of nitrogens with one attached hydrogen (secondary N) is 1. The van der Waals surface area contributed by atoms with E-state index in [1.54, 1.807) is 0 Å². The van der Waals surface area contributed by atoms with E-state index in [-0.39, 0.29) is 0 Å². The zero-order chi connectivity index (χ0) is 13.4. The summed E-state index contributed by atoms with van der Waals surface area (Å²) in [6, 6.07) is 11.3. The monoisotopic (exact) mass is 248 g/mol. The van der Waals surface area contributed by atoms with Crippen molar-refractivity contribution in [2.45, 2.75) is 33.7 Å². The topological polar surface area (TPSA) is 15.3 Å². The Balaban J connectivity index is 2.72. The molecule has 2 heteroatoms. The van der Waals surface area contributed by atoms with Gasteiger partial charge in [0.1, 0.15) is 0 Å². The summed E-state index contributed by atoms with van der Waals surface area (Å²) < 4.78 is 0. The van der Waals surface area contributed by atoms with Crippen LogP contribution in [0.1, 0.15) is 39.3 Å². The Morgan fingerprint density at radius 2 is 1.67 bits per heavy atom. The van der Waals surface area contributed by atoms with Crippen molar-refractivity contribution >= 4 is 0 Å². The molecule has 2 atom stereocenters. The average Bonchev–Trinajstić information content (AvgIpc) is 2.42. The summed E-state index contributed by atoms with van der Waals surface area (Å²) in [6.07, 6.45) is 0. The number of rotatable bonds is 8. The molecule has 0 aliphatic rings. The molecule has 0 bridgehead atoms. The Labute approximate surface area is 112 Å². The molecular weight excluding hydrogens is 220 g/mol. The van der Waals surface area contributed by atoms with Crippen LogP contribution in [-0.2, 0) is 0 Å². The molecule has 0 spiro atoms. The van der Waals surface area contributed by atoms with Crippen LogP contribution in [0.3, 0.4) is 0 Å². The zero-order valence-electron chi connectivity index (χ0n) is 12.3. The van der Waals surface area contributed by atoms with Gasteiger partial charge in [-0.25, -0.2) is 0 Å². The lowest BCUT2D eigenvalue weighted by molar-refractivity contribution is 0.229. The molecule has 1 rings (SSSR count). The van der Waals surface area contributed by atoms with Crippen molar-refractivity contribution in [1.82, 2.24) is 10.2 Å². The summed E-state index contributed by atoms with van der Waals surface area (Å²) in [5.74, 6) is 0.618.